The maximum Gasteiger partial charge on any atom is 0.244 e. The predicted molar refractivity (Wildman–Crippen MR) is 95.7 cm³/mol. The molecule has 8 heteroatoms. The first kappa shape index (κ1) is 19.3. The lowest BCUT2D eigenvalue weighted by molar-refractivity contribution is -0.121. The standard InChI is InChI=1S/C17H23N3O4S/c1-13(2)19-17(21)12-20(9-10-24-3)25(22,23)16-6-4-5-14-11-18-8-7-15(14)16/h4-8,11,13H,9-10,12H2,1-3H3,(H,19,21). The Labute approximate surface area is 148 Å². The molecule has 0 aliphatic rings. The van der Waals surface area contributed by atoms with Crippen molar-refractivity contribution in [2.45, 2.75) is 24.8 Å². The lowest BCUT2D eigenvalue weighted by Crippen LogP contribution is -2.44. The van der Waals surface area contributed by atoms with Gasteiger partial charge in [-0.15, -0.1) is 0 Å². The summed E-state index contributed by atoms with van der Waals surface area (Å²) in [5, 5.41) is 4.01. The van der Waals surface area contributed by atoms with E-state index in [4.69, 9.17) is 4.74 Å². The van der Waals surface area contributed by atoms with E-state index in [2.05, 4.69) is 10.3 Å². The number of carbonyl (C=O) groups excluding carboxylic acids is 1. The number of carbonyl (C=O) groups is 1. The number of nitrogens with one attached hydrogen (secondary N) is 1. The molecule has 1 heterocycles. The quantitative estimate of drug-likeness (QED) is 0.764. The molecule has 0 fully saturated rings. The van der Waals surface area contributed by atoms with Crippen LogP contribution in [-0.4, -0.2) is 56.5 Å². The first-order chi connectivity index (χ1) is 11.9. The van der Waals surface area contributed by atoms with Crippen molar-refractivity contribution in [3.05, 3.63) is 36.7 Å². The molecule has 0 saturated carbocycles. The molecular weight excluding hydrogens is 342 g/mol. The second-order valence-electron chi connectivity index (χ2n) is 5.91. The van der Waals surface area contributed by atoms with Gasteiger partial charge < -0.3 is 10.1 Å². The third-order valence-corrected chi connectivity index (χ3v) is 5.48. The Kier molecular flexibility index (Phi) is 6.46. The number of pyridine rings is 1. The third kappa shape index (κ3) is 4.75. The van der Waals surface area contributed by atoms with Crippen molar-refractivity contribution in [3.8, 4) is 0 Å². The van der Waals surface area contributed by atoms with Crippen LogP contribution < -0.4 is 5.32 Å². The highest BCUT2D eigenvalue weighted by Crippen LogP contribution is 2.25. The molecule has 0 saturated heterocycles. The second-order valence-corrected chi connectivity index (χ2v) is 7.81. The van der Waals surface area contributed by atoms with Gasteiger partial charge in [0.15, 0.2) is 0 Å². The van der Waals surface area contributed by atoms with Gasteiger partial charge in [0, 0.05) is 42.9 Å². The zero-order valence-electron chi connectivity index (χ0n) is 14.6. The fraction of sp³-hybridized carbons (Fsp3) is 0.412. The van der Waals surface area contributed by atoms with Crippen LogP contribution in [0.3, 0.4) is 0 Å². The summed E-state index contributed by atoms with van der Waals surface area (Å²) in [7, 11) is -2.38. The number of rotatable bonds is 8. The van der Waals surface area contributed by atoms with Crippen molar-refractivity contribution in [2.24, 2.45) is 0 Å². The maximum absolute atomic E-state index is 13.1. The Morgan fingerprint density at radius 1 is 1.32 bits per heavy atom. The van der Waals surface area contributed by atoms with E-state index >= 15 is 0 Å². The molecule has 2 rings (SSSR count). The van der Waals surface area contributed by atoms with Crippen LogP contribution in [0.25, 0.3) is 10.8 Å². The van der Waals surface area contributed by atoms with E-state index in [1.165, 1.54) is 13.2 Å². The molecule has 0 aliphatic heterocycles. The first-order valence-corrected chi connectivity index (χ1v) is 9.41. The zero-order valence-corrected chi connectivity index (χ0v) is 15.4. The molecule has 1 amide bonds. The fourth-order valence-corrected chi connectivity index (χ4v) is 4.06. The third-order valence-electron chi connectivity index (χ3n) is 3.57. The molecule has 1 aromatic carbocycles. The lowest BCUT2D eigenvalue weighted by Gasteiger charge is -2.22. The van der Waals surface area contributed by atoms with Crippen LogP contribution in [0, 0.1) is 0 Å². The summed E-state index contributed by atoms with van der Waals surface area (Å²) in [6.07, 6.45) is 3.16. The average molecular weight is 365 g/mol. The van der Waals surface area contributed by atoms with Gasteiger partial charge in [-0.2, -0.15) is 4.31 Å². The largest absolute Gasteiger partial charge is 0.383 e. The Bertz CT molecular complexity index is 831. The smallest absolute Gasteiger partial charge is 0.244 e. The number of benzene rings is 1. The monoisotopic (exact) mass is 365 g/mol. The van der Waals surface area contributed by atoms with Crippen molar-refractivity contribution in [1.29, 1.82) is 0 Å². The van der Waals surface area contributed by atoms with E-state index in [0.29, 0.717) is 5.39 Å². The average Bonchev–Trinajstić information content (AvgIpc) is 2.57. The highest BCUT2D eigenvalue weighted by atomic mass is 32.2. The molecule has 0 aliphatic carbocycles. The van der Waals surface area contributed by atoms with Crippen molar-refractivity contribution in [3.63, 3.8) is 0 Å². The van der Waals surface area contributed by atoms with Gasteiger partial charge in [0.25, 0.3) is 0 Å². The second kappa shape index (κ2) is 8.37. The summed E-state index contributed by atoms with van der Waals surface area (Å²) < 4.78 is 32.4. The molecule has 136 valence electrons. The number of ether oxygens (including phenoxy) is 1. The number of sulfonamides is 1. The molecule has 0 atom stereocenters. The summed E-state index contributed by atoms with van der Waals surface area (Å²) in [6, 6.07) is 6.59. The first-order valence-electron chi connectivity index (χ1n) is 7.97. The van der Waals surface area contributed by atoms with Gasteiger partial charge in [0.1, 0.15) is 0 Å². The van der Waals surface area contributed by atoms with Crippen LogP contribution in [0.15, 0.2) is 41.6 Å². The molecule has 7 nitrogen and oxygen atoms in total. The SMILES string of the molecule is COCCN(CC(=O)NC(C)C)S(=O)(=O)c1cccc2cnccc12. The minimum Gasteiger partial charge on any atom is -0.383 e. The van der Waals surface area contributed by atoms with Gasteiger partial charge >= 0.3 is 0 Å². The Morgan fingerprint density at radius 3 is 2.76 bits per heavy atom. The van der Waals surface area contributed by atoms with Crippen molar-refractivity contribution >= 4 is 26.7 Å². The molecule has 25 heavy (non-hydrogen) atoms. The minimum atomic E-state index is -3.87. The normalized spacial score (nSPS) is 12.0. The molecule has 0 spiro atoms. The van der Waals surface area contributed by atoms with Crippen LogP contribution in [0.2, 0.25) is 0 Å². The summed E-state index contributed by atoms with van der Waals surface area (Å²) >= 11 is 0. The number of methoxy groups -OCH3 is 1. The summed E-state index contributed by atoms with van der Waals surface area (Å²) in [4.78, 5) is 16.3. The number of hydrogen-bond acceptors (Lipinski definition) is 5. The van der Waals surface area contributed by atoms with Crippen molar-refractivity contribution in [1.82, 2.24) is 14.6 Å². The summed E-state index contributed by atoms with van der Waals surface area (Å²) in [5.74, 6) is -0.350. The zero-order chi connectivity index (χ0) is 18.4. The van der Waals surface area contributed by atoms with Gasteiger partial charge in [-0.05, 0) is 26.0 Å². The molecule has 2 aromatic rings. The molecular formula is C17H23N3O4S. The number of hydrogen-bond donors (Lipinski definition) is 1. The summed E-state index contributed by atoms with van der Waals surface area (Å²) in [5.41, 5.74) is 0. The van der Waals surface area contributed by atoms with Crippen LogP contribution in [-0.2, 0) is 19.6 Å². The van der Waals surface area contributed by atoms with E-state index < -0.39 is 10.0 Å². The van der Waals surface area contributed by atoms with Crippen molar-refractivity contribution in [2.75, 3.05) is 26.8 Å². The van der Waals surface area contributed by atoms with Crippen LogP contribution >= 0.6 is 0 Å². The van der Waals surface area contributed by atoms with Gasteiger partial charge in [-0.25, -0.2) is 8.42 Å². The van der Waals surface area contributed by atoms with E-state index in [-0.39, 0.29) is 36.5 Å². The van der Waals surface area contributed by atoms with Crippen LogP contribution in [0.4, 0.5) is 0 Å². The molecule has 0 radical (unpaired) electrons. The highest BCUT2D eigenvalue weighted by molar-refractivity contribution is 7.89. The molecule has 1 aromatic heterocycles. The van der Waals surface area contributed by atoms with Gasteiger partial charge in [0.05, 0.1) is 18.0 Å². The van der Waals surface area contributed by atoms with Crippen LogP contribution in [0.1, 0.15) is 13.8 Å². The van der Waals surface area contributed by atoms with Gasteiger partial charge in [-0.1, -0.05) is 12.1 Å². The lowest BCUT2D eigenvalue weighted by atomic mass is 10.2. The minimum absolute atomic E-state index is 0.0666. The van der Waals surface area contributed by atoms with Crippen LogP contribution in [0.5, 0.6) is 0 Å². The Hall–Kier alpha value is -2.03. The van der Waals surface area contributed by atoms with E-state index in [1.807, 2.05) is 13.8 Å². The van der Waals surface area contributed by atoms with Gasteiger partial charge in [-0.3, -0.25) is 9.78 Å². The molecule has 0 unspecified atom stereocenters. The number of amides is 1. The predicted octanol–water partition coefficient (Wildman–Crippen LogP) is 1.40. The highest BCUT2D eigenvalue weighted by Gasteiger charge is 2.28. The van der Waals surface area contributed by atoms with Gasteiger partial charge in [0.2, 0.25) is 15.9 Å². The number of aromatic nitrogens is 1. The van der Waals surface area contributed by atoms with E-state index in [0.717, 1.165) is 9.69 Å². The van der Waals surface area contributed by atoms with E-state index in [9.17, 15) is 13.2 Å². The fourth-order valence-electron chi connectivity index (χ4n) is 2.46. The number of fused-ring (bicyclic) bond motifs is 1. The molecule has 0 bridgehead atoms. The molecule has 1 N–H and O–H groups in total. The van der Waals surface area contributed by atoms with E-state index in [1.54, 1.807) is 30.6 Å². The van der Waals surface area contributed by atoms with Crippen molar-refractivity contribution < 1.29 is 17.9 Å². The maximum atomic E-state index is 13.1. The number of nitrogens with zero attached hydrogens (tertiary/aromatic N) is 2. The topological polar surface area (TPSA) is 88.6 Å². The Morgan fingerprint density at radius 2 is 2.08 bits per heavy atom. The Balaban J connectivity index is 2.41. The summed E-state index contributed by atoms with van der Waals surface area (Å²) in [6.45, 7) is 3.67.